The second-order valence-electron chi connectivity index (χ2n) is 11.4. The van der Waals surface area contributed by atoms with Gasteiger partial charge in [-0.25, -0.2) is 0 Å². The van der Waals surface area contributed by atoms with Crippen LogP contribution >= 0.6 is 0 Å². The van der Waals surface area contributed by atoms with Crippen molar-refractivity contribution in [1.29, 1.82) is 0 Å². The van der Waals surface area contributed by atoms with Crippen LogP contribution < -0.4 is 14.5 Å². The number of methoxy groups -OCH3 is 1. The number of rotatable bonds is 6. The van der Waals surface area contributed by atoms with Gasteiger partial charge in [0, 0.05) is 52.0 Å². The summed E-state index contributed by atoms with van der Waals surface area (Å²) in [5.74, 6) is 1.58. The lowest BCUT2D eigenvalue weighted by molar-refractivity contribution is 0.0970. The van der Waals surface area contributed by atoms with Gasteiger partial charge in [-0.15, -0.1) is 0 Å². The van der Waals surface area contributed by atoms with E-state index in [0.29, 0.717) is 16.7 Å². The normalized spacial score (nSPS) is 22.2. The molecule has 1 heterocycles. The van der Waals surface area contributed by atoms with E-state index in [1.807, 2.05) is 0 Å². The first-order chi connectivity index (χ1) is 14.0. The number of nitrogens with zero attached hydrogens (tertiary/aromatic N) is 3. The number of benzene rings is 1. The van der Waals surface area contributed by atoms with E-state index < -0.39 is 0 Å². The highest BCUT2D eigenvalue weighted by atomic mass is 16.5. The Hall–Kier alpha value is -1.42. The summed E-state index contributed by atoms with van der Waals surface area (Å²) < 4.78 is 5.84. The van der Waals surface area contributed by atoms with E-state index in [0.717, 1.165) is 31.9 Å². The van der Waals surface area contributed by atoms with Gasteiger partial charge in [0.05, 0.1) is 12.8 Å². The van der Waals surface area contributed by atoms with Crippen LogP contribution in [0.2, 0.25) is 0 Å². The molecule has 1 aromatic rings. The molecule has 0 amide bonds. The van der Waals surface area contributed by atoms with Crippen LogP contribution in [0, 0.1) is 10.8 Å². The van der Waals surface area contributed by atoms with E-state index >= 15 is 0 Å². The zero-order valence-corrected chi connectivity index (χ0v) is 20.8. The van der Waals surface area contributed by atoms with Crippen molar-refractivity contribution in [3.05, 3.63) is 17.7 Å². The van der Waals surface area contributed by atoms with Crippen molar-refractivity contribution in [2.24, 2.45) is 10.8 Å². The Bertz CT molecular complexity index is 701. The summed E-state index contributed by atoms with van der Waals surface area (Å²) in [6.45, 7) is 17.9. The van der Waals surface area contributed by atoms with E-state index in [4.69, 9.17) is 4.74 Å². The third kappa shape index (κ3) is 5.25. The average molecular weight is 416 g/mol. The van der Waals surface area contributed by atoms with Crippen LogP contribution in [0.25, 0.3) is 0 Å². The molecule has 0 N–H and O–H groups in total. The van der Waals surface area contributed by atoms with E-state index in [-0.39, 0.29) is 0 Å². The zero-order chi connectivity index (χ0) is 22.1. The third-order valence-electron chi connectivity index (χ3n) is 7.06. The highest BCUT2D eigenvalue weighted by Gasteiger charge is 2.40. The fraction of sp³-hybridized carbons (Fsp3) is 0.769. The van der Waals surface area contributed by atoms with Gasteiger partial charge in [-0.2, -0.15) is 0 Å². The Kier molecular flexibility index (Phi) is 6.96. The second kappa shape index (κ2) is 8.98. The van der Waals surface area contributed by atoms with Gasteiger partial charge in [-0.3, -0.25) is 4.90 Å². The molecule has 1 saturated carbocycles. The molecule has 0 unspecified atom stereocenters. The molecule has 2 aliphatic rings. The van der Waals surface area contributed by atoms with Gasteiger partial charge in [0.15, 0.2) is 0 Å². The fourth-order valence-corrected chi connectivity index (χ4v) is 6.28. The Morgan fingerprint density at radius 2 is 1.60 bits per heavy atom. The summed E-state index contributed by atoms with van der Waals surface area (Å²) >= 11 is 0. The summed E-state index contributed by atoms with van der Waals surface area (Å²) in [6.07, 6.45) is 5.07. The van der Waals surface area contributed by atoms with E-state index in [9.17, 15) is 0 Å². The smallest absolute Gasteiger partial charge is 0.144 e. The number of hydrogen-bond acceptors (Lipinski definition) is 4. The molecule has 170 valence electrons. The first-order valence-electron chi connectivity index (χ1n) is 11.9. The van der Waals surface area contributed by atoms with Gasteiger partial charge < -0.3 is 14.5 Å². The Labute approximate surface area is 185 Å². The van der Waals surface area contributed by atoms with Crippen LogP contribution in [0.3, 0.4) is 0 Å². The number of piperazine rings is 1. The van der Waals surface area contributed by atoms with Gasteiger partial charge in [-0.1, -0.05) is 34.6 Å². The molecule has 1 saturated heterocycles. The van der Waals surface area contributed by atoms with Gasteiger partial charge >= 0.3 is 0 Å². The summed E-state index contributed by atoms with van der Waals surface area (Å²) in [5.41, 5.74) is 4.89. The molecule has 1 aliphatic carbocycles. The predicted octanol–water partition coefficient (Wildman–Crippen LogP) is 5.61. The fourth-order valence-electron chi connectivity index (χ4n) is 6.28. The summed E-state index contributed by atoms with van der Waals surface area (Å²) in [5, 5.41) is 0. The number of ether oxygens (including phenoxy) is 1. The topological polar surface area (TPSA) is 19.0 Å². The number of anilines is 2. The SMILES string of the molecule is CCCN1CCN(c2cc(OC)c(N(C)C)cc2C2CC(C)(C)CC(C)(C)C2)CC1. The molecule has 0 spiro atoms. The Balaban J connectivity index is 2.01. The van der Waals surface area contributed by atoms with Crippen LogP contribution in [0.4, 0.5) is 11.4 Å². The minimum absolute atomic E-state index is 0.377. The van der Waals surface area contributed by atoms with Crippen LogP contribution in [0.5, 0.6) is 5.75 Å². The van der Waals surface area contributed by atoms with Gasteiger partial charge in [0.1, 0.15) is 5.75 Å². The van der Waals surface area contributed by atoms with Crippen molar-refractivity contribution >= 4 is 11.4 Å². The van der Waals surface area contributed by atoms with E-state index in [1.165, 1.54) is 49.2 Å². The minimum atomic E-state index is 0.377. The lowest BCUT2D eigenvalue weighted by Crippen LogP contribution is -2.47. The lowest BCUT2D eigenvalue weighted by atomic mass is 9.60. The maximum atomic E-state index is 5.84. The molecule has 30 heavy (non-hydrogen) atoms. The summed E-state index contributed by atoms with van der Waals surface area (Å²) in [7, 11) is 6.05. The molecule has 3 rings (SSSR count). The third-order valence-corrected chi connectivity index (χ3v) is 7.06. The molecule has 1 aromatic carbocycles. The zero-order valence-electron chi connectivity index (χ0n) is 20.8. The van der Waals surface area contributed by atoms with Crippen molar-refractivity contribution in [1.82, 2.24) is 4.90 Å². The van der Waals surface area contributed by atoms with Crippen molar-refractivity contribution in [2.45, 2.75) is 66.2 Å². The van der Waals surface area contributed by atoms with Crippen LogP contribution in [0.15, 0.2) is 12.1 Å². The molecule has 0 bridgehead atoms. The molecule has 4 nitrogen and oxygen atoms in total. The molecule has 0 aromatic heterocycles. The van der Waals surface area contributed by atoms with Crippen LogP contribution in [0.1, 0.15) is 71.8 Å². The maximum absolute atomic E-state index is 5.84. The van der Waals surface area contributed by atoms with Crippen molar-refractivity contribution in [3.8, 4) is 5.75 Å². The van der Waals surface area contributed by atoms with E-state index in [1.54, 1.807) is 7.11 Å². The van der Waals surface area contributed by atoms with Gasteiger partial charge in [0.2, 0.25) is 0 Å². The average Bonchev–Trinajstić information content (AvgIpc) is 2.65. The quantitative estimate of drug-likeness (QED) is 0.601. The van der Waals surface area contributed by atoms with Crippen molar-refractivity contribution in [3.63, 3.8) is 0 Å². The Morgan fingerprint density at radius 3 is 2.10 bits per heavy atom. The standard InChI is InChI=1S/C26H45N3O/c1-9-10-28-11-13-29(14-12-28)22-16-24(30-8)23(27(6)7)15-21(22)20-17-25(2,3)19-26(4,5)18-20/h15-16,20H,9-14,17-19H2,1-8H3. The first kappa shape index (κ1) is 23.2. The van der Waals surface area contributed by atoms with Gasteiger partial charge in [0.25, 0.3) is 0 Å². The predicted molar refractivity (Wildman–Crippen MR) is 130 cm³/mol. The molecule has 4 heteroatoms. The molecular weight excluding hydrogens is 370 g/mol. The molecule has 1 aliphatic heterocycles. The highest BCUT2D eigenvalue weighted by Crippen LogP contribution is 2.54. The molecule has 0 atom stereocenters. The highest BCUT2D eigenvalue weighted by molar-refractivity contribution is 5.70. The largest absolute Gasteiger partial charge is 0.495 e. The lowest BCUT2D eigenvalue weighted by Gasteiger charge is -2.46. The monoisotopic (exact) mass is 415 g/mol. The minimum Gasteiger partial charge on any atom is -0.495 e. The summed E-state index contributed by atoms with van der Waals surface area (Å²) in [4.78, 5) is 7.43. The second-order valence-corrected chi connectivity index (χ2v) is 11.4. The Morgan fingerprint density at radius 1 is 1.00 bits per heavy atom. The van der Waals surface area contributed by atoms with E-state index in [2.05, 4.69) is 75.5 Å². The van der Waals surface area contributed by atoms with Crippen molar-refractivity contribution < 1.29 is 4.74 Å². The first-order valence-corrected chi connectivity index (χ1v) is 11.9. The molecule has 2 fully saturated rings. The van der Waals surface area contributed by atoms with Crippen molar-refractivity contribution in [2.75, 3.05) is 63.7 Å². The molecular formula is C26H45N3O. The number of hydrogen-bond donors (Lipinski definition) is 0. The summed E-state index contributed by atoms with van der Waals surface area (Å²) in [6, 6.07) is 4.77. The van der Waals surface area contributed by atoms with Gasteiger partial charge in [-0.05, 0) is 60.6 Å². The van der Waals surface area contributed by atoms with Crippen LogP contribution in [-0.4, -0.2) is 58.8 Å². The molecule has 0 radical (unpaired) electrons. The maximum Gasteiger partial charge on any atom is 0.144 e. The van der Waals surface area contributed by atoms with Crippen LogP contribution in [-0.2, 0) is 0 Å².